The summed E-state index contributed by atoms with van der Waals surface area (Å²) in [6, 6.07) is 6.98. The predicted molar refractivity (Wildman–Crippen MR) is 86.1 cm³/mol. The number of nitrogens with zero attached hydrogens (tertiary/aromatic N) is 1. The van der Waals surface area contributed by atoms with Crippen molar-refractivity contribution in [2.75, 3.05) is 6.61 Å². The summed E-state index contributed by atoms with van der Waals surface area (Å²) >= 11 is 0. The highest BCUT2D eigenvalue weighted by Crippen LogP contribution is 2.46. The van der Waals surface area contributed by atoms with Gasteiger partial charge < -0.3 is 9.26 Å². The van der Waals surface area contributed by atoms with E-state index in [9.17, 15) is 18.9 Å². The van der Waals surface area contributed by atoms with Crippen LogP contribution in [0, 0.1) is 0 Å². The lowest BCUT2D eigenvalue weighted by Crippen LogP contribution is -2.38. The van der Waals surface area contributed by atoms with Gasteiger partial charge in [0.1, 0.15) is 11.8 Å². The first-order valence-corrected chi connectivity index (χ1v) is 9.23. The highest BCUT2D eigenvalue weighted by molar-refractivity contribution is 7.52. The van der Waals surface area contributed by atoms with Crippen LogP contribution in [-0.4, -0.2) is 35.5 Å². The molecule has 136 valence electrons. The summed E-state index contributed by atoms with van der Waals surface area (Å²) in [6.07, 6.45) is -0.0881. The summed E-state index contributed by atoms with van der Waals surface area (Å²) in [5.74, 6) is -1.77. The second-order valence-electron chi connectivity index (χ2n) is 5.17. The van der Waals surface area contributed by atoms with Gasteiger partial charge in [-0.3, -0.25) is 14.4 Å². The van der Waals surface area contributed by atoms with Crippen molar-refractivity contribution in [1.29, 1.82) is 0 Å². The standard InChI is InChI=1S/C15H19N2O7P/c1-3-22-15(20)11(2)16-25(21,23-12-7-5-4-6-8-12)24-17-13(18)9-10-14(17)19/h4-8,11H,3,9-10H2,1-2H3,(H,16,21)/t11-,25?/m0/s1. The van der Waals surface area contributed by atoms with Gasteiger partial charge in [-0.2, -0.15) is 9.71 Å². The Hall–Kier alpha value is -2.22. The Bertz CT molecular complexity index is 678. The van der Waals surface area contributed by atoms with Gasteiger partial charge in [0.15, 0.2) is 0 Å². The van der Waals surface area contributed by atoms with Crippen LogP contribution in [0.25, 0.3) is 0 Å². The van der Waals surface area contributed by atoms with E-state index in [0.29, 0.717) is 5.06 Å². The second-order valence-corrected chi connectivity index (χ2v) is 6.77. The van der Waals surface area contributed by atoms with Crippen LogP contribution in [0.15, 0.2) is 30.3 Å². The number of esters is 1. The molecule has 2 amide bonds. The molecule has 0 radical (unpaired) electrons. The van der Waals surface area contributed by atoms with Gasteiger partial charge in [0.25, 0.3) is 11.8 Å². The molecule has 0 aliphatic carbocycles. The summed E-state index contributed by atoms with van der Waals surface area (Å²) in [5.41, 5.74) is 0. The molecule has 1 heterocycles. The molecule has 0 bridgehead atoms. The number of para-hydroxylation sites is 1. The summed E-state index contributed by atoms with van der Waals surface area (Å²) in [6.45, 7) is 3.16. The molecule has 0 aromatic heterocycles. The maximum Gasteiger partial charge on any atom is 0.481 e. The lowest BCUT2D eigenvalue weighted by atomic mass is 10.3. The number of imide groups is 1. The average molecular weight is 370 g/mol. The van der Waals surface area contributed by atoms with Crippen LogP contribution in [0.4, 0.5) is 0 Å². The Morgan fingerprint density at radius 3 is 2.40 bits per heavy atom. The number of benzene rings is 1. The van der Waals surface area contributed by atoms with E-state index < -0.39 is 31.6 Å². The van der Waals surface area contributed by atoms with Crippen LogP contribution in [0.1, 0.15) is 26.7 Å². The first kappa shape index (κ1) is 19.1. The number of ether oxygens (including phenoxy) is 1. The van der Waals surface area contributed by atoms with Gasteiger partial charge in [-0.05, 0) is 26.0 Å². The van der Waals surface area contributed by atoms with E-state index >= 15 is 0 Å². The number of rotatable bonds is 8. The molecule has 1 aliphatic rings. The summed E-state index contributed by atoms with van der Waals surface area (Å²) < 4.78 is 28.3. The average Bonchev–Trinajstić information content (AvgIpc) is 2.87. The highest BCUT2D eigenvalue weighted by Gasteiger charge is 2.41. The maximum atomic E-state index is 13.0. The maximum absolute atomic E-state index is 13.0. The Kier molecular flexibility index (Phi) is 6.30. The van der Waals surface area contributed by atoms with E-state index in [1.807, 2.05) is 0 Å². The zero-order chi connectivity index (χ0) is 18.4. The fourth-order valence-corrected chi connectivity index (χ4v) is 3.51. The van der Waals surface area contributed by atoms with Crippen LogP contribution < -0.4 is 9.61 Å². The van der Waals surface area contributed by atoms with Gasteiger partial charge in [-0.15, -0.1) is 5.06 Å². The molecule has 1 aromatic carbocycles. The molecule has 25 heavy (non-hydrogen) atoms. The largest absolute Gasteiger partial charge is 0.481 e. The number of amides is 2. The van der Waals surface area contributed by atoms with Crippen molar-refractivity contribution >= 4 is 25.5 Å². The smallest absolute Gasteiger partial charge is 0.465 e. The molecule has 2 atom stereocenters. The van der Waals surface area contributed by atoms with Crippen LogP contribution in [-0.2, 0) is 28.3 Å². The first-order chi connectivity index (χ1) is 11.8. The molecular weight excluding hydrogens is 351 g/mol. The third-order valence-electron chi connectivity index (χ3n) is 3.16. The summed E-state index contributed by atoms with van der Waals surface area (Å²) in [5, 5.41) is 2.80. The van der Waals surface area contributed by atoms with Gasteiger partial charge in [0.05, 0.1) is 6.61 Å². The quantitative estimate of drug-likeness (QED) is 0.419. The molecule has 0 saturated carbocycles. The van der Waals surface area contributed by atoms with Crippen molar-refractivity contribution in [2.45, 2.75) is 32.7 Å². The molecule has 10 heteroatoms. The fourth-order valence-electron chi connectivity index (χ4n) is 2.00. The molecule has 1 aliphatic heterocycles. The first-order valence-electron chi connectivity index (χ1n) is 7.69. The zero-order valence-electron chi connectivity index (χ0n) is 13.8. The Balaban J connectivity index is 2.20. The molecule has 1 N–H and O–H groups in total. The Labute approximate surface area is 144 Å². The monoisotopic (exact) mass is 370 g/mol. The normalized spacial score (nSPS) is 17.9. The number of carbonyl (C=O) groups is 3. The number of carbonyl (C=O) groups excluding carboxylic acids is 3. The second kappa shape index (κ2) is 8.24. The van der Waals surface area contributed by atoms with Gasteiger partial charge >= 0.3 is 13.7 Å². The zero-order valence-corrected chi connectivity index (χ0v) is 14.7. The molecule has 2 rings (SSSR count). The molecule has 1 aromatic rings. The van der Waals surface area contributed by atoms with Crippen LogP contribution in [0.2, 0.25) is 0 Å². The van der Waals surface area contributed by atoms with Crippen molar-refractivity contribution in [3.8, 4) is 5.75 Å². The van der Waals surface area contributed by atoms with Crippen molar-refractivity contribution in [3.63, 3.8) is 0 Å². The topological polar surface area (TPSA) is 111 Å². The van der Waals surface area contributed by atoms with Crippen molar-refractivity contribution < 1.29 is 32.8 Å². The Morgan fingerprint density at radius 2 is 1.84 bits per heavy atom. The third kappa shape index (κ3) is 5.12. The number of hydroxylamine groups is 2. The van der Waals surface area contributed by atoms with Gasteiger partial charge in [0, 0.05) is 12.8 Å². The van der Waals surface area contributed by atoms with E-state index in [1.165, 1.54) is 19.1 Å². The van der Waals surface area contributed by atoms with Crippen LogP contribution >= 0.6 is 7.75 Å². The minimum absolute atomic E-state index is 0.0440. The summed E-state index contributed by atoms with van der Waals surface area (Å²) in [4.78, 5) is 35.2. The number of hydrogen-bond acceptors (Lipinski definition) is 7. The SMILES string of the molecule is CCOC(=O)[C@H](C)NP(=O)(Oc1ccccc1)ON1C(=O)CCC1=O. The molecular formula is C15H19N2O7P. The van der Waals surface area contributed by atoms with E-state index in [2.05, 4.69) is 5.09 Å². The van der Waals surface area contributed by atoms with E-state index in [4.69, 9.17) is 13.9 Å². The summed E-state index contributed by atoms with van der Waals surface area (Å²) in [7, 11) is -4.27. The molecule has 1 fully saturated rings. The minimum Gasteiger partial charge on any atom is -0.465 e. The van der Waals surface area contributed by atoms with Gasteiger partial charge in [-0.1, -0.05) is 18.2 Å². The predicted octanol–water partition coefficient (Wildman–Crippen LogP) is 1.80. The van der Waals surface area contributed by atoms with Crippen LogP contribution in [0.3, 0.4) is 0 Å². The van der Waals surface area contributed by atoms with E-state index in [0.717, 1.165) is 0 Å². The van der Waals surface area contributed by atoms with Crippen molar-refractivity contribution in [3.05, 3.63) is 30.3 Å². The fraction of sp³-hybridized carbons (Fsp3) is 0.400. The minimum atomic E-state index is -4.27. The lowest BCUT2D eigenvalue weighted by molar-refractivity contribution is -0.166. The number of nitrogens with one attached hydrogen (secondary N) is 1. The van der Waals surface area contributed by atoms with Crippen molar-refractivity contribution in [2.24, 2.45) is 0 Å². The van der Waals surface area contributed by atoms with Crippen molar-refractivity contribution in [1.82, 2.24) is 10.2 Å². The van der Waals surface area contributed by atoms with E-state index in [-0.39, 0.29) is 25.2 Å². The highest BCUT2D eigenvalue weighted by atomic mass is 31.2. The van der Waals surface area contributed by atoms with E-state index in [1.54, 1.807) is 25.1 Å². The lowest BCUT2D eigenvalue weighted by Gasteiger charge is -2.25. The number of hydrogen-bond donors (Lipinski definition) is 1. The third-order valence-corrected chi connectivity index (χ3v) is 4.69. The molecule has 1 saturated heterocycles. The van der Waals surface area contributed by atoms with Crippen LogP contribution in [0.5, 0.6) is 5.75 Å². The van der Waals surface area contributed by atoms with Gasteiger partial charge in [0.2, 0.25) is 0 Å². The molecule has 9 nitrogen and oxygen atoms in total. The Morgan fingerprint density at radius 1 is 1.24 bits per heavy atom. The molecule has 1 unspecified atom stereocenters. The molecule has 0 spiro atoms. The van der Waals surface area contributed by atoms with Gasteiger partial charge in [-0.25, -0.2) is 4.57 Å².